The van der Waals surface area contributed by atoms with Crippen molar-refractivity contribution in [3.05, 3.63) is 35.4 Å². The number of amides is 1. The maximum Gasteiger partial charge on any atom is 0.223 e. The highest BCUT2D eigenvalue weighted by molar-refractivity contribution is 5.93. The fraction of sp³-hybridized carbons (Fsp3) is 0.421. The Labute approximate surface area is 135 Å². The number of carbonyl (C=O) groups is 1. The first-order valence-electron chi connectivity index (χ1n) is 8.17. The van der Waals surface area contributed by atoms with Gasteiger partial charge in [-0.05, 0) is 48.6 Å². The van der Waals surface area contributed by atoms with Crippen LogP contribution in [-0.4, -0.2) is 26.2 Å². The molecule has 4 nitrogen and oxygen atoms in total. The van der Waals surface area contributed by atoms with Crippen molar-refractivity contribution in [1.82, 2.24) is 5.32 Å². The fourth-order valence-electron chi connectivity index (χ4n) is 3.65. The van der Waals surface area contributed by atoms with Crippen LogP contribution in [0.15, 0.2) is 24.3 Å². The van der Waals surface area contributed by atoms with Crippen molar-refractivity contribution in [2.45, 2.75) is 31.7 Å². The third-order valence-corrected chi connectivity index (χ3v) is 4.95. The molecule has 0 atom stereocenters. The average molecular weight is 311 g/mol. The zero-order chi connectivity index (χ0) is 16.0. The Bertz CT molecular complexity index is 731. The van der Waals surface area contributed by atoms with Crippen molar-refractivity contribution in [1.29, 1.82) is 0 Å². The van der Waals surface area contributed by atoms with Crippen LogP contribution >= 0.6 is 0 Å². The number of rotatable bonds is 4. The van der Waals surface area contributed by atoms with Crippen molar-refractivity contribution >= 4 is 16.7 Å². The fourth-order valence-corrected chi connectivity index (χ4v) is 3.65. The summed E-state index contributed by atoms with van der Waals surface area (Å²) in [5, 5.41) is 5.64. The van der Waals surface area contributed by atoms with E-state index in [1.54, 1.807) is 14.2 Å². The Balaban J connectivity index is 1.78. The minimum Gasteiger partial charge on any atom is -0.496 e. The van der Waals surface area contributed by atoms with E-state index in [2.05, 4.69) is 17.4 Å². The van der Waals surface area contributed by atoms with Crippen molar-refractivity contribution in [3.8, 4) is 11.5 Å². The third kappa shape index (κ3) is 2.42. The molecule has 1 amide bonds. The van der Waals surface area contributed by atoms with E-state index in [1.165, 1.54) is 21.9 Å². The summed E-state index contributed by atoms with van der Waals surface area (Å²) in [7, 11) is 3.40. The molecule has 2 aliphatic rings. The second-order valence-electron chi connectivity index (χ2n) is 6.48. The van der Waals surface area contributed by atoms with Crippen LogP contribution in [0.1, 0.15) is 24.0 Å². The zero-order valence-corrected chi connectivity index (χ0v) is 13.5. The number of ether oxygens (including phenoxy) is 2. The smallest absolute Gasteiger partial charge is 0.223 e. The molecule has 1 saturated carbocycles. The predicted molar refractivity (Wildman–Crippen MR) is 89.1 cm³/mol. The second kappa shape index (κ2) is 5.44. The van der Waals surface area contributed by atoms with Crippen LogP contribution < -0.4 is 14.8 Å². The van der Waals surface area contributed by atoms with Crippen LogP contribution in [0.4, 0.5) is 0 Å². The van der Waals surface area contributed by atoms with Crippen LogP contribution in [0.2, 0.25) is 0 Å². The molecular weight excluding hydrogens is 290 g/mol. The summed E-state index contributed by atoms with van der Waals surface area (Å²) in [6.07, 6.45) is 3.66. The van der Waals surface area contributed by atoms with Gasteiger partial charge in [0.1, 0.15) is 11.5 Å². The zero-order valence-electron chi connectivity index (χ0n) is 13.5. The van der Waals surface area contributed by atoms with E-state index in [4.69, 9.17) is 9.47 Å². The van der Waals surface area contributed by atoms with Crippen LogP contribution in [0.5, 0.6) is 11.5 Å². The average Bonchev–Trinajstić information content (AvgIpc) is 3.40. The first-order chi connectivity index (χ1) is 11.2. The number of methoxy groups -OCH3 is 2. The first kappa shape index (κ1) is 14.4. The molecule has 4 heteroatoms. The van der Waals surface area contributed by atoms with Crippen molar-refractivity contribution in [2.24, 2.45) is 5.92 Å². The molecular formula is C19H21NO3. The quantitative estimate of drug-likeness (QED) is 0.944. The maximum atomic E-state index is 12.2. The van der Waals surface area contributed by atoms with E-state index in [0.29, 0.717) is 0 Å². The van der Waals surface area contributed by atoms with Gasteiger partial charge >= 0.3 is 0 Å². The Hall–Kier alpha value is -2.23. The molecule has 4 rings (SSSR count). The lowest BCUT2D eigenvalue weighted by atomic mass is 9.84. The normalized spacial score (nSPS) is 17.1. The van der Waals surface area contributed by atoms with Gasteiger partial charge in [-0.15, -0.1) is 0 Å². The molecule has 1 fully saturated rings. The number of benzene rings is 2. The van der Waals surface area contributed by atoms with Gasteiger partial charge in [-0.3, -0.25) is 4.79 Å². The Morgan fingerprint density at radius 1 is 1.00 bits per heavy atom. The molecule has 2 aliphatic carbocycles. The number of hydrogen-bond donors (Lipinski definition) is 1. The standard InChI is InChI=1S/C19H21NO3/c1-22-16-7-5-11-6-8-17(23-2)15-10-13(9-14(16)18(11)15)20-19(21)12-3-4-12/h5-8,12-13H,3-4,9-10H2,1-2H3,(H,20,21). The lowest BCUT2D eigenvalue weighted by Gasteiger charge is -2.28. The minimum atomic E-state index is 0.103. The Kier molecular flexibility index (Phi) is 3.40. The van der Waals surface area contributed by atoms with Crippen LogP contribution in [0, 0.1) is 5.92 Å². The van der Waals surface area contributed by atoms with Gasteiger partial charge in [-0.25, -0.2) is 0 Å². The summed E-state index contributed by atoms with van der Waals surface area (Å²) in [4.78, 5) is 12.2. The van der Waals surface area contributed by atoms with E-state index in [-0.39, 0.29) is 17.9 Å². The third-order valence-electron chi connectivity index (χ3n) is 4.95. The molecule has 23 heavy (non-hydrogen) atoms. The number of hydrogen-bond acceptors (Lipinski definition) is 3. The van der Waals surface area contributed by atoms with Crippen molar-refractivity contribution in [3.63, 3.8) is 0 Å². The van der Waals surface area contributed by atoms with Crippen LogP contribution in [0.25, 0.3) is 10.8 Å². The van der Waals surface area contributed by atoms with Gasteiger partial charge in [-0.2, -0.15) is 0 Å². The Morgan fingerprint density at radius 2 is 1.57 bits per heavy atom. The topological polar surface area (TPSA) is 47.6 Å². The molecule has 120 valence electrons. The summed E-state index contributed by atoms with van der Waals surface area (Å²) >= 11 is 0. The van der Waals surface area contributed by atoms with Gasteiger partial charge in [0, 0.05) is 23.1 Å². The number of carbonyl (C=O) groups excluding carboxylic acids is 1. The SMILES string of the molecule is COc1ccc2ccc(OC)c3c2c1CC(NC(=O)C1CC1)C3. The highest BCUT2D eigenvalue weighted by atomic mass is 16.5. The summed E-state index contributed by atoms with van der Waals surface area (Å²) in [6, 6.07) is 8.30. The first-order valence-corrected chi connectivity index (χ1v) is 8.17. The number of nitrogens with one attached hydrogen (secondary N) is 1. The summed E-state index contributed by atoms with van der Waals surface area (Å²) in [5.41, 5.74) is 2.34. The van der Waals surface area contributed by atoms with E-state index in [0.717, 1.165) is 37.2 Å². The van der Waals surface area contributed by atoms with Crippen molar-refractivity contribution in [2.75, 3.05) is 14.2 Å². The van der Waals surface area contributed by atoms with E-state index in [1.807, 2.05) is 12.1 Å². The van der Waals surface area contributed by atoms with Gasteiger partial charge < -0.3 is 14.8 Å². The van der Waals surface area contributed by atoms with Crippen LogP contribution in [-0.2, 0) is 17.6 Å². The molecule has 2 aromatic rings. The molecule has 0 saturated heterocycles. The molecule has 0 aromatic heterocycles. The molecule has 0 unspecified atom stereocenters. The molecule has 2 aromatic carbocycles. The monoisotopic (exact) mass is 311 g/mol. The molecule has 0 bridgehead atoms. The highest BCUT2D eigenvalue weighted by Gasteiger charge is 2.33. The summed E-state index contributed by atoms with van der Waals surface area (Å²) < 4.78 is 11.1. The van der Waals surface area contributed by atoms with E-state index >= 15 is 0 Å². The molecule has 0 radical (unpaired) electrons. The van der Waals surface area contributed by atoms with Gasteiger partial charge in [0.05, 0.1) is 14.2 Å². The lowest BCUT2D eigenvalue weighted by molar-refractivity contribution is -0.123. The second-order valence-corrected chi connectivity index (χ2v) is 6.48. The predicted octanol–water partition coefficient (Wildman–Crippen LogP) is 2.85. The van der Waals surface area contributed by atoms with Crippen molar-refractivity contribution < 1.29 is 14.3 Å². The van der Waals surface area contributed by atoms with Gasteiger partial charge in [0.15, 0.2) is 0 Å². The van der Waals surface area contributed by atoms with Gasteiger partial charge in [0.25, 0.3) is 0 Å². The van der Waals surface area contributed by atoms with E-state index in [9.17, 15) is 4.79 Å². The highest BCUT2D eigenvalue weighted by Crippen LogP contribution is 2.40. The van der Waals surface area contributed by atoms with Gasteiger partial charge in [-0.1, -0.05) is 12.1 Å². The summed E-state index contributed by atoms with van der Waals surface area (Å²) in [6.45, 7) is 0. The van der Waals surface area contributed by atoms with Crippen LogP contribution in [0.3, 0.4) is 0 Å². The summed E-state index contributed by atoms with van der Waals surface area (Å²) in [5.74, 6) is 2.20. The molecule has 0 heterocycles. The molecule has 0 spiro atoms. The minimum absolute atomic E-state index is 0.103. The Morgan fingerprint density at radius 3 is 2.04 bits per heavy atom. The molecule has 0 aliphatic heterocycles. The molecule has 1 N–H and O–H groups in total. The van der Waals surface area contributed by atoms with E-state index < -0.39 is 0 Å². The maximum absolute atomic E-state index is 12.2. The lowest BCUT2D eigenvalue weighted by Crippen LogP contribution is -2.40. The van der Waals surface area contributed by atoms with Gasteiger partial charge in [0.2, 0.25) is 5.91 Å². The largest absolute Gasteiger partial charge is 0.496 e.